The molecule has 0 saturated heterocycles. The van der Waals surface area contributed by atoms with Crippen molar-refractivity contribution >= 4 is 5.91 Å². The lowest BCUT2D eigenvalue weighted by molar-refractivity contribution is 0.0893. The maximum atomic E-state index is 14.2. The average molecular weight is 422 g/mol. The minimum atomic E-state index is -0.574. The summed E-state index contributed by atoms with van der Waals surface area (Å²) in [7, 11) is 0. The van der Waals surface area contributed by atoms with Crippen LogP contribution in [-0.2, 0) is 6.42 Å². The van der Waals surface area contributed by atoms with Crippen molar-refractivity contribution < 1.29 is 13.6 Å². The minimum Gasteiger partial charge on any atom is -0.342 e. The van der Waals surface area contributed by atoms with Crippen molar-refractivity contribution in [1.29, 1.82) is 0 Å². The predicted molar refractivity (Wildman–Crippen MR) is 112 cm³/mol. The second kappa shape index (κ2) is 6.97. The van der Waals surface area contributed by atoms with Gasteiger partial charge in [-0.05, 0) is 47.4 Å². The number of H-pyrrole nitrogens is 1. The topological polar surface area (TPSA) is 70.7 Å². The first-order valence-electron chi connectivity index (χ1n) is 10.5. The van der Waals surface area contributed by atoms with E-state index in [2.05, 4.69) is 41.3 Å². The zero-order chi connectivity index (χ0) is 21.9. The highest BCUT2D eigenvalue weighted by molar-refractivity contribution is 5.94. The van der Waals surface area contributed by atoms with Gasteiger partial charge in [0, 0.05) is 29.4 Å². The summed E-state index contributed by atoms with van der Waals surface area (Å²) in [6.45, 7) is 6.16. The molecular formula is C24H24F2N4O. The van der Waals surface area contributed by atoms with E-state index < -0.39 is 11.6 Å². The Balaban J connectivity index is 1.37. The lowest BCUT2D eigenvalue weighted by atomic mass is 9.84. The van der Waals surface area contributed by atoms with Gasteiger partial charge in [0.25, 0.3) is 5.91 Å². The number of halogens is 2. The van der Waals surface area contributed by atoms with Gasteiger partial charge < -0.3 is 5.32 Å². The summed E-state index contributed by atoms with van der Waals surface area (Å²) < 4.78 is 27.5. The first-order chi connectivity index (χ1) is 14.8. The Morgan fingerprint density at radius 1 is 1.19 bits per heavy atom. The molecule has 3 aromatic rings. The van der Waals surface area contributed by atoms with Crippen molar-refractivity contribution in [2.24, 2.45) is 11.3 Å². The molecule has 7 heteroatoms. The van der Waals surface area contributed by atoms with Crippen molar-refractivity contribution in [2.45, 2.75) is 45.1 Å². The molecule has 3 unspecified atom stereocenters. The summed E-state index contributed by atoms with van der Waals surface area (Å²) in [5.41, 5.74) is 3.28. The van der Waals surface area contributed by atoms with Crippen LogP contribution in [0.4, 0.5) is 8.78 Å². The van der Waals surface area contributed by atoms with E-state index in [0.29, 0.717) is 17.7 Å². The number of benzene rings is 1. The first kappa shape index (κ1) is 19.8. The molecule has 31 heavy (non-hydrogen) atoms. The van der Waals surface area contributed by atoms with Crippen molar-refractivity contribution in [3.05, 3.63) is 82.4 Å². The molecular weight excluding hydrogens is 398 g/mol. The van der Waals surface area contributed by atoms with E-state index in [1.165, 1.54) is 12.1 Å². The molecule has 2 aromatic heterocycles. The number of aromatic nitrogens is 3. The van der Waals surface area contributed by atoms with Gasteiger partial charge in [-0.25, -0.2) is 8.78 Å². The Labute approximate surface area is 179 Å². The van der Waals surface area contributed by atoms with E-state index in [1.807, 2.05) is 18.2 Å². The van der Waals surface area contributed by atoms with Gasteiger partial charge in [0.1, 0.15) is 11.6 Å². The summed E-state index contributed by atoms with van der Waals surface area (Å²) in [6, 6.07) is 9.13. The molecule has 0 aliphatic heterocycles. The standard InChI is InChI=1S/C24H24F2N4O/c1-24(2,3)22(17-6-4-5-9-27-17)28-23(31)21-15-11-14-18(19(14)20(15)29-30-21)13-8-7-12(25)10-16(13)26/h4-10,14,18-19,22H,11H2,1-3H3,(H,28,31)(H,29,30)/t14?,18?,19?,22-/m0/s1. The van der Waals surface area contributed by atoms with Gasteiger partial charge in [0.05, 0.1) is 11.7 Å². The number of carbonyl (C=O) groups excluding carboxylic acids is 1. The third-order valence-corrected chi connectivity index (χ3v) is 6.50. The third kappa shape index (κ3) is 3.32. The fourth-order valence-electron chi connectivity index (χ4n) is 4.98. The van der Waals surface area contributed by atoms with Crippen LogP contribution in [-0.4, -0.2) is 21.1 Å². The predicted octanol–water partition coefficient (Wildman–Crippen LogP) is 4.65. The molecule has 2 aliphatic carbocycles. The van der Waals surface area contributed by atoms with E-state index >= 15 is 0 Å². The lowest BCUT2D eigenvalue weighted by Gasteiger charge is -2.31. The Morgan fingerprint density at radius 3 is 2.68 bits per heavy atom. The smallest absolute Gasteiger partial charge is 0.272 e. The highest BCUT2D eigenvalue weighted by atomic mass is 19.1. The van der Waals surface area contributed by atoms with Crippen LogP contribution in [0.15, 0.2) is 42.6 Å². The molecule has 0 bridgehead atoms. The summed E-state index contributed by atoms with van der Waals surface area (Å²) in [5, 5.41) is 10.4. The number of hydrogen-bond acceptors (Lipinski definition) is 3. The van der Waals surface area contributed by atoms with Gasteiger partial charge in [-0.3, -0.25) is 14.9 Å². The summed E-state index contributed by atoms with van der Waals surface area (Å²) in [5.74, 6) is -1.02. The van der Waals surface area contributed by atoms with Gasteiger partial charge in [0.15, 0.2) is 5.69 Å². The van der Waals surface area contributed by atoms with Crippen molar-refractivity contribution in [1.82, 2.24) is 20.5 Å². The number of hydrogen-bond donors (Lipinski definition) is 2. The molecule has 1 aromatic carbocycles. The van der Waals surface area contributed by atoms with E-state index in [1.54, 1.807) is 6.20 Å². The van der Waals surface area contributed by atoms with Crippen LogP contribution >= 0.6 is 0 Å². The zero-order valence-corrected chi connectivity index (χ0v) is 17.6. The summed E-state index contributed by atoms with van der Waals surface area (Å²) in [4.78, 5) is 17.6. The number of pyridine rings is 1. The molecule has 0 spiro atoms. The number of carbonyl (C=O) groups is 1. The van der Waals surface area contributed by atoms with Crippen LogP contribution in [0.3, 0.4) is 0 Å². The van der Waals surface area contributed by atoms with E-state index in [4.69, 9.17) is 0 Å². The van der Waals surface area contributed by atoms with Crippen LogP contribution in [0.1, 0.15) is 71.7 Å². The highest BCUT2D eigenvalue weighted by Gasteiger charge is 2.59. The first-order valence-corrected chi connectivity index (χ1v) is 10.5. The Kier molecular flexibility index (Phi) is 4.46. The van der Waals surface area contributed by atoms with Crippen LogP contribution in [0, 0.1) is 23.0 Å². The van der Waals surface area contributed by atoms with Crippen LogP contribution in [0.2, 0.25) is 0 Å². The fraction of sp³-hybridized carbons (Fsp3) is 0.375. The van der Waals surface area contributed by atoms with Gasteiger partial charge in [-0.1, -0.05) is 32.9 Å². The normalized spacial score (nSPS) is 22.5. The number of aromatic amines is 1. The van der Waals surface area contributed by atoms with Gasteiger partial charge >= 0.3 is 0 Å². The van der Waals surface area contributed by atoms with Crippen LogP contribution in [0.5, 0.6) is 0 Å². The molecule has 1 fully saturated rings. The maximum Gasteiger partial charge on any atom is 0.272 e. The van der Waals surface area contributed by atoms with E-state index in [0.717, 1.165) is 23.0 Å². The number of fused-ring (bicyclic) bond motifs is 3. The van der Waals surface area contributed by atoms with E-state index in [9.17, 15) is 13.6 Å². The fourth-order valence-corrected chi connectivity index (χ4v) is 4.98. The molecule has 160 valence electrons. The highest BCUT2D eigenvalue weighted by Crippen LogP contribution is 2.66. The summed E-state index contributed by atoms with van der Waals surface area (Å²) in [6.07, 6.45) is 2.37. The SMILES string of the molecule is CC(C)(C)[C@@H](NC(=O)c1n[nH]c2c1CC1C(c3ccc(F)cc3F)C21)c1ccccn1. The Bertz CT molecular complexity index is 1150. The molecule has 2 aliphatic rings. The Hall–Kier alpha value is -3.09. The molecule has 2 N–H and O–H groups in total. The molecule has 1 amide bonds. The largest absolute Gasteiger partial charge is 0.342 e. The lowest BCUT2D eigenvalue weighted by Crippen LogP contribution is -2.37. The Morgan fingerprint density at radius 2 is 2.00 bits per heavy atom. The quantitative estimate of drug-likeness (QED) is 0.643. The number of nitrogens with zero attached hydrogens (tertiary/aromatic N) is 2. The van der Waals surface area contributed by atoms with Crippen molar-refractivity contribution in [2.75, 3.05) is 0 Å². The van der Waals surface area contributed by atoms with Crippen molar-refractivity contribution in [3.8, 4) is 0 Å². The third-order valence-electron chi connectivity index (χ3n) is 6.50. The van der Waals surface area contributed by atoms with Crippen LogP contribution < -0.4 is 5.32 Å². The average Bonchev–Trinajstić information content (AvgIpc) is 3.06. The number of rotatable bonds is 4. The number of nitrogens with one attached hydrogen (secondary N) is 2. The number of amides is 1. The van der Waals surface area contributed by atoms with Gasteiger partial charge in [-0.2, -0.15) is 5.10 Å². The zero-order valence-electron chi connectivity index (χ0n) is 17.6. The molecule has 5 rings (SSSR count). The molecule has 2 heterocycles. The monoisotopic (exact) mass is 422 g/mol. The van der Waals surface area contributed by atoms with Gasteiger partial charge in [0.2, 0.25) is 0 Å². The van der Waals surface area contributed by atoms with Crippen LogP contribution in [0.25, 0.3) is 0 Å². The molecule has 5 nitrogen and oxygen atoms in total. The summed E-state index contributed by atoms with van der Waals surface area (Å²) >= 11 is 0. The van der Waals surface area contributed by atoms with E-state index in [-0.39, 0.29) is 35.1 Å². The van der Waals surface area contributed by atoms with Gasteiger partial charge in [-0.15, -0.1) is 0 Å². The second-order valence-electron chi connectivity index (χ2n) is 9.58. The molecule has 0 radical (unpaired) electrons. The maximum absolute atomic E-state index is 14.2. The second-order valence-corrected chi connectivity index (χ2v) is 9.58. The molecule has 4 atom stereocenters. The van der Waals surface area contributed by atoms with Crippen molar-refractivity contribution in [3.63, 3.8) is 0 Å². The minimum absolute atomic E-state index is 0.000281. The molecule has 1 saturated carbocycles.